The van der Waals surface area contributed by atoms with E-state index in [0.29, 0.717) is 0 Å². The lowest BCUT2D eigenvalue weighted by molar-refractivity contribution is 0.487. The minimum Gasteiger partial charge on any atom is -0.271 e. The average molecular weight is 321 g/mol. The van der Waals surface area contributed by atoms with E-state index >= 15 is 0 Å². The zero-order valence-electron chi connectivity index (χ0n) is 11.3. The number of nitrogens with one attached hydrogen (secondary N) is 1. The standard InChI is InChI=1S/C16H21BrN2/c1-2-3-4-5-16(19-18)14-7-6-13-11-15(17)9-8-12(13)10-14/h6-11,16,19H,2-5,18H2,1H3. The van der Waals surface area contributed by atoms with Gasteiger partial charge in [-0.1, -0.05) is 60.3 Å². The Morgan fingerprint density at radius 1 is 1.11 bits per heavy atom. The number of hydrogen-bond acceptors (Lipinski definition) is 2. The quantitative estimate of drug-likeness (QED) is 0.460. The van der Waals surface area contributed by atoms with E-state index in [9.17, 15) is 0 Å². The maximum Gasteiger partial charge on any atom is 0.0460 e. The highest BCUT2D eigenvalue weighted by Crippen LogP contribution is 2.25. The van der Waals surface area contributed by atoms with Gasteiger partial charge in [0.25, 0.3) is 0 Å². The normalized spacial score (nSPS) is 12.8. The third-order valence-corrected chi connectivity index (χ3v) is 4.02. The lowest BCUT2D eigenvalue weighted by atomic mass is 9.98. The van der Waals surface area contributed by atoms with Gasteiger partial charge in [0.05, 0.1) is 0 Å². The third kappa shape index (κ3) is 3.78. The summed E-state index contributed by atoms with van der Waals surface area (Å²) in [6, 6.07) is 13.2. The van der Waals surface area contributed by atoms with E-state index in [-0.39, 0.29) is 6.04 Å². The molecule has 2 aromatic carbocycles. The molecule has 2 nitrogen and oxygen atoms in total. The molecule has 3 heteroatoms. The topological polar surface area (TPSA) is 38.0 Å². The molecule has 0 aliphatic heterocycles. The summed E-state index contributed by atoms with van der Waals surface area (Å²) in [7, 11) is 0. The van der Waals surface area contributed by atoms with Gasteiger partial charge in [0.15, 0.2) is 0 Å². The van der Waals surface area contributed by atoms with E-state index in [1.165, 1.54) is 35.6 Å². The van der Waals surface area contributed by atoms with Crippen LogP contribution in [0.1, 0.15) is 44.2 Å². The van der Waals surface area contributed by atoms with Gasteiger partial charge in [-0.15, -0.1) is 0 Å². The summed E-state index contributed by atoms with van der Waals surface area (Å²) in [5.74, 6) is 5.70. The summed E-state index contributed by atoms with van der Waals surface area (Å²) >= 11 is 3.50. The number of nitrogens with two attached hydrogens (primary N) is 1. The van der Waals surface area contributed by atoms with Crippen molar-refractivity contribution in [3.05, 3.63) is 46.4 Å². The second kappa shape index (κ2) is 7.04. The van der Waals surface area contributed by atoms with E-state index in [1.807, 2.05) is 0 Å². The fraction of sp³-hybridized carbons (Fsp3) is 0.375. The molecule has 0 fully saturated rings. The van der Waals surface area contributed by atoms with Crippen LogP contribution in [0.2, 0.25) is 0 Å². The minimum atomic E-state index is 0.250. The van der Waals surface area contributed by atoms with Crippen molar-refractivity contribution in [2.45, 2.75) is 38.6 Å². The molecule has 0 heterocycles. The van der Waals surface area contributed by atoms with Crippen LogP contribution in [0.15, 0.2) is 40.9 Å². The van der Waals surface area contributed by atoms with Crippen LogP contribution in [0.25, 0.3) is 10.8 Å². The van der Waals surface area contributed by atoms with Crippen LogP contribution in [0.3, 0.4) is 0 Å². The van der Waals surface area contributed by atoms with Gasteiger partial charge in [-0.3, -0.25) is 11.3 Å². The second-order valence-electron chi connectivity index (χ2n) is 4.97. The first-order chi connectivity index (χ1) is 9.24. The molecule has 0 amide bonds. The molecular weight excluding hydrogens is 300 g/mol. The first kappa shape index (κ1) is 14.5. The molecule has 0 aromatic heterocycles. The number of benzene rings is 2. The van der Waals surface area contributed by atoms with Gasteiger partial charge in [0.2, 0.25) is 0 Å². The Kier molecular flexibility index (Phi) is 5.37. The molecule has 2 aromatic rings. The number of halogens is 1. The van der Waals surface area contributed by atoms with Gasteiger partial charge in [-0.2, -0.15) is 0 Å². The summed E-state index contributed by atoms with van der Waals surface area (Å²) < 4.78 is 1.11. The third-order valence-electron chi connectivity index (χ3n) is 3.53. The number of hydrogen-bond donors (Lipinski definition) is 2. The number of rotatable bonds is 6. The van der Waals surface area contributed by atoms with Crippen molar-refractivity contribution >= 4 is 26.7 Å². The Bertz CT molecular complexity index is 539. The van der Waals surface area contributed by atoms with Gasteiger partial charge in [-0.25, -0.2) is 0 Å². The van der Waals surface area contributed by atoms with Crippen molar-refractivity contribution in [3.63, 3.8) is 0 Å². The highest BCUT2D eigenvalue weighted by atomic mass is 79.9. The molecule has 0 saturated carbocycles. The molecule has 3 N–H and O–H groups in total. The summed E-state index contributed by atoms with van der Waals surface area (Å²) in [5, 5.41) is 2.51. The van der Waals surface area contributed by atoms with Gasteiger partial charge < -0.3 is 0 Å². The SMILES string of the molecule is CCCCCC(NN)c1ccc2cc(Br)ccc2c1. The largest absolute Gasteiger partial charge is 0.271 e. The lowest BCUT2D eigenvalue weighted by Gasteiger charge is -2.16. The Morgan fingerprint density at radius 2 is 1.84 bits per heavy atom. The van der Waals surface area contributed by atoms with Crippen LogP contribution in [0, 0.1) is 0 Å². The van der Waals surface area contributed by atoms with Crippen molar-refractivity contribution in [2.75, 3.05) is 0 Å². The Balaban J connectivity index is 2.20. The highest BCUT2D eigenvalue weighted by molar-refractivity contribution is 9.10. The van der Waals surface area contributed by atoms with Crippen LogP contribution in [0.5, 0.6) is 0 Å². The second-order valence-corrected chi connectivity index (χ2v) is 5.88. The van der Waals surface area contributed by atoms with Gasteiger partial charge >= 0.3 is 0 Å². The molecular formula is C16H21BrN2. The maximum atomic E-state index is 5.70. The smallest absolute Gasteiger partial charge is 0.0460 e. The van der Waals surface area contributed by atoms with E-state index in [1.54, 1.807) is 0 Å². The molecule has 0 spiro atoms. The van der Waals surface area contributed by atoms with Crippen molar-refractivity contribution < 1.29 is 0 Å². The molecule has 19 heavy (non-hydrogen) atoms. The zero-order chi connectivity index (χ0) is 13.7. The summed E-state index contributed by atoms with van der Waals surface area (Å²) in [6.45, 7) is 2.22. The van der Waals surface area contributed by atoms with Crippen molar-refractivity contribution in [2.24, 2.45) is 5.84 Å². The van der Waals surface area contributed by atoms with Crippen LogP contribution < -0.4 is 11.3 Å². The molecule has 0 aliphatic carbocycles. The molecule has 102 valence electrons. The van der Waals surface area contributed by atoms with Gasteiger partial charge in [0, 0.05) is 10.5 Å². The first-order valence-electron chi connectivity index (χ1n) is 6.90. The van der Waals surface area contributed by atoms with Crippen LogP contribution in [-0.2, 0) is 0 Å². The van der Waals surface area contributed by atoms with E-state index in [2.05, 4.69) is 64.7 Å². The predicted molar refractivity (Wildman–Crippen MR) is 85.9 cm³/mol. The molecule has 0 bridgehead atoms. The molecule has 0 aliphatic rings. The van der Waals surface area contributed by atoms with Gasteiger partial charge in [-0.05, 0) is 41.0 Å². The summed E-state index contributed by atoms with van der Waals surface area (Å²) in [4.78, 5) is 0. The zero-order valence-corrected chi connectivity index (χ0v) is 12.9. The lowest BCUT2D eigenvalue weighted by Crippen LogP contribution is -2.27. The Labute approximate surface area is 123 Å². The Hall–Kier alpha value is -0.900. The number of unbranched alkanes of at least 4 members (excludes halogenated alkanes) is 2. The number of hydrazine groups is 1. The fourth-order valence-corrected chi connectivity index (χ4v) is 2.78. The monoisotopic (exact) mass is 320 g/mol. The minimum absolute atomic E-state index is 0.250. The predicted octanol–water partition coefficient (Wildman–Crippen LogP) is 4.69. The molecule has 1 atom stereocenters. The highest BCUT2D eigenvalue weighted by Gasteiger charge is 2.09. The van der Waals surface area contributed by atoms with Crippen molar-refractivity contribution in [1.29, 1.82) is 0 Å². The first-order valence-corrected chi connectivity index (χ1v) is 7.69. The maximum absolute atomic E-state index is 5.70. The Morgan fingerprint density at radius 3 is 2.58 bits per heavy atom. The van der Waals surface area contributed by atoms with Crippen LogP contribution in [-0.4, -0.2) is 0 Å². The summed E-state index contributed by atoms with van der Waals surface area (Å²) in [5.41, 5.74) is 4.22. The van der Waals surface area contributed by atoms with Gasteiger partial charge in [0.1, 0.15) is 0 Å². The van der Waals surface area contributed by atoms with Crippen LogP contribution in [0.4, 0.5) is 0 Å². The van der Waals surface area contributed by atoms with E-state index < -0.39 is 0 Å². The van der Waals surface area contributed by atoms with E-state index in [0.717, 1.165) is 10.9 Å². The fourth-order valence-electron chi connectivity index (χ4n) is 2.40. The van der Waals surface area contributed by atoms with E-state index in [4.69, 9.17) is 5.84 Å². The average Bonchev–Trinajstić information content (AvgIpc) is 2.43. The molecule has 1 unspecified atom stereocenters. The van der Waals surface area contributed by atoms with Crippen molar-refractivity contribution in [3.8, 4) is 0 Å². The summed E-state index contributed by atoms with van der Waals surface area (Å²) in [6.07, 6.45) is 4.80. The number of fused-ring (bicyclic) bond motifs is 1. The van der Waals surface area contributed by atoms with Crippen LogP contribution >= 0.6 is 15.9 Å². The molecule has 0 saturated heterocycles. The van der Waals surface area contributed by atoms with Crippen molar-refractivity contribution in [1.82, 2.24) is 5.43 Å². The molecule has 2 rings (SSSR count). The molecule has 0 radical (unpaired) electrons.